The van der Waals surface area contributed by atoms with Crippen molar-refractivity contribution in [1.82, 2.24) is 5.32 Å². The maximum absolute atomic E-state index is 6.04. The van der Waals surface area contributed by atoms with Gasteiger partial charge in [0.15, 0.2) is 0 Å². The van der Waals surface area contributed by atoms with Gasteiger partial charge in [-0.3, -0.25) is 0 Å². The van der Waals surface area contributed by atoms with Gasteiger partial charge < -0.3 is 10.1 Å². The summed E-state index contributed by atoms with van der Waals surface area (Å²) in [6.07, 6.45) is 0.0634. The van der Waals surface area contributed by atoms with E-state index in [9.17, 15) is 0 Å². The highest BCUT2D eigenvalue weighted by atomic mass is 35.5. The predicted octanol–water partition coefficient (Wildman–Crippen LogP) is 4.05. The Morgan fingerprint density at radius 3 is 2.50 bits per heavy atom. The van der Waals surface area contributed by atoms with Crippen LogP contribution in [0.3, 0.4) is 0 Å². The van der Waals surface area contributed by atoms with Crippen LogP contribution < -0.4 is 5.32 Å². The van der Waals surface area contributed by atoms with Crippen LogP contribution in [-0.4, -0.2) is 19.2 Å². The lowest BCUT2D eigenvalue weighted by Gasteiger charge is -2.21. The molecule has 1 unspecified atom stereocenters. The first-order valence-electron chi connectivity index (χ1n) is 6.59. The summed E-state index contributed by atoms with van der Waals surface area (Å²) in [5.74, 6) is 0.533. The quantitative estimate of drug-likeness (QED) is 0.806. The first-order valence-corrected chi connectivity index (χ1v) is 6.97. The average molecular weight is 270 g/mol. The molecule has 1 atom stereocenters. The van der Waals surface area contributed by atoms with E-state index < -0.39 is 0 Å². The Balaban J connectivity index is 2.69. The standard InChI is InChI=1S/C15H24ClNO/c1-11(2)10-18-15(9-17-12(3)4)13-6-5-7-14(16)8-13/h5-8,11-12,15,17H,9-10H2,1-4H3. The molecule has 0 radical (unpaired) electrons. The summed E-state index contributed by atoms with van der Waals surface area (Å²) in [5, 5.41) is 4.18. The molecule has 3 heteroatoms. The maximum Gasteiger partial charge on any atom is 0.0949 e. The number of hydrogen-bond acceptors (Lipinski definition) is 2. The normalized spacial score (nSPS) is 13.3. The fraction of sp³-hybridized carbons (Fsp3) is 0.600. The zero-order valence-corrected chi connectivity index (χ0v) is 12.5. The van der Waals surface area contributed by atoms with E-state index in [2.05, 4.69) is 39.1 Å². The lowest BCUT2D eigenvalue weighted by atomic mass is 10.1. The van der Waals surface area contributed by atoms with Crippen LogP contribution in [0.5, 0.6) is 0 Å². The molecule has 0 aliphatic rings. The van der Waals surface area contributed by atoms with Crippen LogP contribution in [0.4, 0.5) is 0 Å². The molecule has 1 aromatic rings. The third kappa shape index (κ3) is 5.85. The molecule has 0 saturated carbocycles. The van der Waals surface area contributed by atoms with Gasteiger partial charge >= 0.3 is 0 Å². The molecule has 0 spiro atoms. The van der Waals surface area contributed by atoms with Crippen molar-refractivity contribution >= 4 is 11.6 Å². The van der Waals surface area contributed by atoms with E-state index in [0.29, 0.717) is 12.0 Å². The van der Waals surface area contributed by atoms with Gasteiger partial charge in [0.25, 0.3) is 0 Å². The van der Waals surface area contributed by atoms with Gasteiger partial charge in [0, 0.05) is 24.2 Å². The van der Waals surface area contributed by atoms with Crippen molar-refractivity contribution in [2.45, 2.75) is 39.8 Å². The molecule has 0 heterocycles. The van der Waals surface area contributed by atoms with E-state index in [0.717, 1.165) is 23.7 Å². The van der Waals surface area contributed by atoms with Gasteiger partial charge in [0.2, 0.25) is 0 Å². The van der Waals surface area contributed by atoms with Crippen molar-refractivity contribution in [3.63, 3.8) is 0 Å². The van der Waals surface area contributed by atoms with Gasteiger partial charge in [-0.2, -0.15) is 0 Å². The second-order valence-corrected chi connectivity index (χ2v) is 5.77. The molecule has 1 N–H and O–H groups in total. The van der Waals surface area contributed by atoms with Crippen LogP contribution >= 0.6 is 11.6 Å². The molecule has 1 aromatic carbocycles. The molecule has 18 heavy (non-hydrogen) atoms. The average Bonchev–Trinajstić information content (AvgIpc) is 2.28. The van der Waals surface area contributed by atoms with E-state index in [1.54, 1.807) is 0 Å². The van der Waals surface area contributed by atoms with Crippen LogP contribution in [-0.2, 0) is 4.74 Å². The molecule has 1 rings (SSSR count). The summed E-state index contributed by atoms with van der Waals surface area (Å²) in [6, 6.07) is 8.36. The van der Waals surface area contributed by atoms with E-state index in [1.165, 1.54) is 0 Å². The molecule has 0 amide bonds. The molecule has 0 aliphatic carbocycles. The predicted molar refractivity (Wildman–Crippen MR) is 78.1 cm³/mol. The first kappa shape index (κ1) is 15.5. The molecule has 0 aromatic heterocycles. The highest BCUT2D eigenvalue weighted by molar-refractivity contribution is 6.30. The lowest BCUT2D eigenvalue weighted by Crippen LogP contribution is -2.29. The van der Waals surface area contributed by atoms with Gasteiger partial charge in [-0.05, 0) is 23.6 Å². The van der Waals surface area contributed by atoms with E-state index >= 15 is 0 Å². The lowest BCUT2D eigenvalue weighted by molar-refractivity contribution is 0.0340. The zero-order chi connectivity index (χ0) is 13.5. The molecular weight excluding hydrogens is 246 g/mol. The van der Waals surface area contributed by atoms with Crippen LogP contribution in [0.1, 0.15) is 39.4 Å². The minimum absolute atomic E-state index is 0.0634. The smallest absolute Gasteiger partial charge is 0.0949 e. The first-order chi connectivity index (χ1) is 8.49. The highest BCUT2D eigenvalue weighted by Gasteiger charge is 2.13. The number of hydrogen-bond donors (Lipinski definition) is 1. The fourth-order valence-electron chi connectivity index (χ4n) is 1.63. The van der Waals surface area contributed by atoms with Gasteiger partial charge in [-0.15, -0.1) is 0 Å². The second kappa shape index (κ2) is 7.78. The van der Waals surface area contributed by atoms with E-state index in [1.807, 2.05) is 18.2 Å². The van der Waals surface area contributed by atoms with Crippen LogP contribution in [0.15, 0.2) is 24.3 Å². The molecule has 0 aliphatic heterocycles. The maximum atomic E-state index is 6.04. The molecule has 0 saturated heterocycles. The van der Waals surface area contributed by atoms with Crippen molar-refractivity contribution in [3.05, 3.63) is 34.9 Å². The van der Waals surface area contributed by atoms with Crippen molar-refractivity contribution in [2.75, 3.05) is 13.2 Å². The topological polar surface area (TPSA) is 21.3 Å². The molecule has 2 nitrogen and oxygen atoms in total. The van der Waals surface area contributed by atoms with Crippen molar-refractivity contribution in [1.29, 1.82) is 0 Å². The van der Waals surface area contributed by atoms with Crippen molar-refractivity contribution in [3.8, 4) is 0 Å². The fourth-order valence-corrected chi connectivity index (χ4v) is 1.83. The third-order valence-corrected chi connectivity index (χ3v) is 2.80. The summed E-state index contributed by atoms with van der Waals surface area (Å²) >= 11 is 6.04. The Bertz CT molecular complexity index is 340. The minimum Gasteiger partial charge on any atom is -0.372 e. The Kier molecular flexibility index (Phi) is 6.69. The van der Waals surface area contributed by atoms with Gasteiger partial charge in [0.05, 0.1) is 6.10 Å². The van der Waals surface area contributed by atoms with E-state index in [4.69, 9.17) is 16.3 Å². The van der Waals surface area contributed by atoms with Crippen molar-refractivity contribution < 1.29 is 4.74 Å². The summed E-state index contributed by atoms with van der Waals surface area (Å²) in [7, 11) is 0. The Hall–Kier alpha value is -0.570. The van der Waals surface area contributed by atoms with Gasteiger partial charge in [-0.25, -0.2) is 0 Å². The number of benzene rings is 1. The molecular formula is C15H24ClNO. The molecule has 0 bridgehead atoms. The molecule has 0 fully saturated rings. The Morgan fingerprint density at radius 2 is 1.94 bits per heavy atom. The molecule has 102 valence electrons. The largest absolute Gasteiger partial charge is 0.372 e. The number of ether oxygens (including phenoxy) is 1. The minimum atomic E-state index is 0.0634. The van der Waals surface area contributed by atoms with Crippen LogP contribution in [0, 0.1) is 5.92 Å². The third-order valence-electron chi connectivity index (χ3n) is 2.56. The Morgan fingerprint density at radius 1 is 1.22 bits per heavy atom. The summed E-state index contributed by atoms with van der Waals surface area (Å²) in [4.78, 5) is 0. The monoisotopic (exact) mass is 269 g/mol. The SMILES string of the molecule is CC(C)COC(CNC(C)C)c1cccc(Cl)c1. The van der Waals surface area contributed by atoms with Gasteiger partial charge in [0.1, 0.15) is 0 Å². The number of halogens is 1. The number of nitrogens with one attached hydrogen (secondary N) is 1. The summed E-state index contributed by atoms with van der Waals surface area (Å²) in [6.45, 7) is 10.2. The zero-order valence-electron chi connectivity index (χ0n) is 11.7. The van der Waals surface area contributed by atoms with E-state index in [-0.39, 0.29) is 6.10 Å². The Labute approximate surface area is 116 Å². The van der Waals surface area contributed by atoms with Crippen LogP contribution in [0.2, 0.25) is 5.02 Å². The summed E-state index contributed by atoms with van der Waals surface area (Å²) < 4.78 is 5.97. The highest BCUT2D eigenvalue weighted by Crippen LogP contribution is 2.21. The van der Waals surface area contributed by atoms with Crippen molar-refractivity contribution in [2.24, 2.45) is 5.92 Å². The van der Waals surface area contributed by atoms with Crippen LogP contribution in [0.25, 0.3) is 0 Å². The summed E-state index contributed by atoms with van der Waals surface area (Å²) in [5.41, 5.74) is 1.14. The van der Waals surface area contributed by atoms with Gasteiger partial charge in [-0.1, -0.05) is 51.4 Å². The number of rotatable bonds is 7. The second-order valence-electron chi connectivity index (χ2n) is 5.33.